The Labute approximate surface area is 149 Å². The Hall–Kier alpha value is -2.08. The Morgan fingerprint density at radius 2 is 2.17 bits per heavy atom. The highest BCUT2D eigenvalue weighted by atomic mass is 79.9. The molecule has 6 heteroatoms. The molecule has 1 aliphatic rings. The minimum atomic E-state index is -0.738. The van der Waals surface area contributed by atoms with Crippen molar-refractivity contribution in [3.8, 4) is 5.75 Å². The standard InChI is InChI=1S/C18H19BrN2O3/c1-11-8-13(19)16(20-10-11)21-14-9-18(2,24-17(14)22)12-6-4-5-7-15(12)23-3/h4-8,10,14H,9H2,1-3H3,(H,20,21). The van der Waals surface area contributed by atoms with E-state index in [1.807, 2.05) is 44.2 Å². The van der Waals surface area contributed by atoms with Crippen molar-refractivity contribution in [2.75, 3.05) is 12.4 Å². The number of rotatable bonds is 4. The molecule has 24 heavy (non-hydrogen) atoms. The fourth-order valence-electron chi connectivity index (χ4n) is 2.97. The zero-order valence-electron chi connectivity index (χ0n) is 13.8. The molecule has 1 saturated heterocycles. The molecular weight excluding hydrogens is 372 g/mol. The molecule has 1 aromatic heterocycles. The Bertz CT molecular complexity index is 781. The molecule has 0 amide bonds. The van der Waals surface area contributed by atoms with E-state index in [1.165, 1.54) is 0 Å². The fourth-order valence-corrected chi connectivity index (χ4v) is 3.55. The van der Waals surface area contributed by atoms with Gasteiger partial charge in [-0.3, -0.25) is 0 Å². The molecule has 1 aliphatic heterocycles. The van der Waals surface area contributed by atoms with Crippen molar-refractivity contribution < 1.29 is 14.3 Å². The number of carbonyl (C=O) groups is 1. The number of benzene rings is 1. The minimum Gasteiger partial charge on any atom is -0.496 e. The molecule has 3 rings (SSSR count). The number of anilines is 1. The van der Waals surface area contributed by atoms with Gasteiger partial charge in [0.05, 0.1) is 11.6 Å². The molecule has 2 unspecified atom stereocenters. The van der Waals surface area contributed by atoms with Gasteiger partial charge in [-0.2, -0.15) is 0 Å². The largest absolute Gasteiger partial charge is 0.496 e. The molecule has 1 aromatic carbocycles. The molecule has 2 atom stereocenters. The van der Waals surface area contributed by atoms with Gasteiger partial charge in [0.2, 0.25) is 0 Å². The van der Waals surface area contributed by atoms with Crippen LogP contribution >= 0.6 is 15.9 Å². The summed E-state index contributed by atoms with van der Waals surface area (Å²) in [6.45, 7) is 3.87. The van der Waals surface area contributed by atoms with E-state index in [2.05, 4.69) is 26.2 Å². The van der Waals surface area contributed by atoms with E-state index in [0.29, 0.717) is 18.0 Å². The number of hydrogen-bond donors (Lipinski definition) is 1. The van der Waals surface area contributed by atoms with E-state index in [-0.39, 0.29) is 5.97 Å². The van der Waals surface area contributed by atoms with Crippen LogP contribution in [0.25, 0.3) is 0 Å². The van der Waals surface area contributed by atoms with E-state index < -0.39 is 11.6 Å². The average molecular weight is 391 g/mol. The SMILES string of the molecule is COc1ccccc1C1(C)CC(Nc2ncc(C)cc2Br)C(=O)O1. The lowest BCUT2D eigenvalue weighted by atomic mass is 9.90. The molecule has 5 nitrogen and oxygen atoms in total. The highest BCUT2D eigenvalue weighted by Crippen LogP contribution is 2.41. The summed E-state index contributed by atoms with van der Waals surface area (Å²) in [7, 11) is 1.61. The van der Waals surface area contributed by atoms with Gasteiger partial charge in [0.25, 0.3) is 0 Å². The Morgan fingerprint density at radius 1 is 1.42 bits per heavy atom. The summed E-state index contributed by atoms with van der Waals surface area (Å²) in [5, 5.41) is 3.18. The second-order valence-electron chi connectivity index (χ2n) is 6.10. The van der Waals surface area contributed by atoms with Crippen LogP contribution in [-0.4, -0.2) is 24.1 Å². The predicted molar refractivity (Wildman–Crippen MR) is 95.1 cm³/mol. The predicted octanol–water partition coefficient (Wildman–Crippen LogP) is 3.80. The number of para-hydroxylation sites is 1. The molecule has 0 spiro atoms. The first-order valence-electron chi connectivity index (χ1n) is 7.68. The molecule has 0 saturated carbocycles. The number of nitrogens with one attached hydrogen (secondary N) is 1. The van der Waals surface area contributed by atoms with Crippen LogP contribution in [0.3, 0.4) is 0 Å². The summed E-state index contributed by atoms with van der Waals surface area (Å²) < 4.78 is 11.9. The molecule has 0 bridgehead atoms. The molecule has 0 aliphatic carbocycles. The van der Waals surface area contributed by atoms with Crippen LogP contribution in [-0.2, 0) is 15.1 Å². The molecule has 1 fully saturated rings. The number of aryl methyl sites for hydroxylation is 1. The van der Waals surface area contributed by atoms with E-state index in [0.717, 1.165) is 15.6 Å². The van der Waals surface area contributed by atoms with Crippen LogP contribution in [0.2, 0.25) is 0 Å². The van der Waals surface area contributed by atoms with Crippen LogP contribution in [0.1, 0.15) is 24.5 Å². The number of hydrogen-bond acceptors (Lipinski definition) is 5. The normalized spacial score (nSPS) is 23.0. The monoisotopic (exact) mass is 390 g/mol. The maximum absolute atomic E-state index is 12.4. The molecule has 2 aromatic rings. The summed E-state index contributed by atoms with van der Waals surface area (Å²) in [4.78, 5) is 16.7. The van der Waals surface area contributed by atoms with Gasteiger partial charge in [-0.1, -0.05) is 18.2 Å². The van der Waals surface area contributed by atoms with Gasteiger partial charge in [0, 0.05) is 18.2 Å². The Morgan fingerprint density at radius 3 is 2.88 bits per heavy atom. The quantitative estimate of drug-likeness (QED) is 0.804. The molecule has 0 radical (unpaired) electrons. The third-order valence-corrected chi connectivity index (χ3v) is 4.77. The first-order valence-corrected chi connectivity index (χ1v) is 8.47. The third kappa shape index (κ3) is 3.11. The lowest BCUT2D eigenvalue weighted by Crippen LogP contribution is -2.26. The number of cyclic esters (lactones) is 1. The highest BCUT2D eigenvalue weighted by Gasteiger charge is 2.46. The van der Waals surface area contributed by atoms with Crippen LogP contribution in [0.15, 0.2) is 41.0 Å². The second-order valence-corrected chi connectivity index (χ2v) is 6.95. The minimum absolute atomic E-state index is 0.294. The average Bonchev–Trinajstić information content (AvgIpc) is 2.85. The highest BCUT2D eigenvalue weighted by molar-refractivity contribution is 9.10. The van der Waals surface area contributed by atoms with Crippen LogP contribution in [0.5, 0.6) is 5.75 Å². The number of pyridine rings is 1. The lowest BCUT2D eigenvalue weighted by Gasteiger charge is -2.25. The lowest BCUT2D eigenvalue weighted by molar-refractivity contribution is -0.148. The zero-order valence-corrected chi connectivity index (χ0v) is 15.4. The number of aromatic nitrogens is 1. The number of halogens is 1. The molecular formula is C18H19BrN2O3. The van der Waals surface area contributed by atoms with Gasteiger partial charge < -0.3 is 14.8 Å². The Balaban J connectivity index is 1.85. The van der Waals surface area contributed by atoms with Crippen molar-refractivity contribution in [2.45, 2.75) is 31.9 Å². The smallest absolute Gasteiger partial charge is 0.329 e. The number of ether oxygens (including phenoxy) is 2. The van der Waals surface area contributed by atoms with Gasteiger partial charge in [-0.25, -0.2) is 9.78 Å². The van der Waals surface area contributed by atoms with Crippen molar-refractivity contribution in [2.24, 2.45) is 0 Å². The summed E-state index contributed by atoms with van der Waals surface area (Å²) in [5.74, 6) is 1.05. The van der Waals surface area contributed by atoms with E-state index in [9.17, 15) is 4.79 Å². The van der Waals surface area contributed by atoms with Gasteiger partial charge in [0.1, 0.15) is 23.2 Å². The number of esters is 1. The van der Waals surface area contributed by atoms with Crippen molar-refractivity contribution in [3.63, 3.8) is 0 Å². The molecule has 2 heterocycles. The molecule has 126 valence electrons. The van der Waals surface area contributed by atoms with Crippen LogP contribution in [0.4, 0.5) is 5.82 Å². The summed E-state index contributed by atoms with van der Waals surface area (Å²) in [6.07, 6.45) is 2.25. The van der Waals surface area contributed by atoms with E-state index in [1.54, 1.807) is 13.3 Å². The van der Waals surface area contributed by atoms with Crippen LogP contribution < -0.4 is 10.1 Å². The van der Waals surface area contributed by atoms with E-state index >= 15 is 0 Å². The second kappa shape index (κ2) is 6.43. The van der Waals surface area contributed by atoms with Crippen molar-refractivity contribution in [1.82, 2.24) is 4.98 Å². The first-order chi connectivity index (χ1) is 11.4. The number of carbonyl (C=O) groups excluding carboxylic acids is 1. The number of methoxy groups -OCH3 is 1. The Kier molecular flexibility index (Phi) is 4.49. The maximum atomic E-state index is 12.4. The van der Waals surface area contributed by atoms with E-state index in [4.69, 9.17) is 9.47 Å². The van der Waals surface area contributed by atoms with Gasteiger partial charge in [-0.05, 0) is 47.5 Å². The first kappa shape index (κ1) is 16.8. The summed E-state index contributed by atoms with van der Waals surface area (Å²) in [6, 6.07) is 9.09. The maximum Gasteiger partial charge on any atom is 0.329 e. The number of nitrogens with zero attached hydrogens (tertiary/aromatic N) is 1. The van der Waals surface area contributed by atoms with Gasteiger partial charge in [-0.15, -0.1) is 0 Å². The molecule has 1 N–H and O–H groups in total. The summed E-state index contributed by atoms with van der Waals surface area (Å²) in [5.41, 5.74) is 1.17. The third-order valence-electron chi connectivity index (χ3n) is 4.17. The zero-order chi connectivity index (χ0) is 17.3. The summed E-state index contributed by atoms with van der Waals surface area (Å²) >= 11 is 3.47. The van der Waals surface area contributed by atoms with Crippen LogP contribution in [0, 0.1) is 6.92 Å². The fraction of sp³-hybridized carbons (Fsp3) is 0.333. The van der Waals surface area contributed by atoms with Gasteiger partial charge in [0.15, 0.2) is 0 Å². The topological polar surface area (TPSA) is 60.5 Å². The van der Waals surface area contributed by atoms with Crippen molar-refractivity contribution >= 4 is 27.7 Å². The van der Waals surface area contributed by atoms with Crippen molar-refractivity contribution in [3.05, 3.63) is 52.1 Å². The van der Waals surface area contributed by atoms with Gasteiger partial charge >= 0.3 is 5.97 Å². The van der Waals surface area contributed by atoms with Crippen molar-refractivity contribution in [1.29, 1.82) is 0 Å².